The molecule has 1 saturated heterocycles. The predicted octanol–water partition coefficient (Wildman–Crippen LogP) is 2.45. The van der Waals surface area contributed by atoms with Crippen LogP contribution in [0, 0.1) is 5.82 Å². The summed E-state index contributed by atoms with van der Waals surface area (Å²) in [6.45, 7) is -0.597. The van der Waals surface area contributed by atoms with Crippen molar-refractivity contribution in [3.05, 3.63) is 30.5 Å². The zero-order chi connectivity index (χ0) is 20.1. The van der Waals surface area contributed by atoms with Crippen molar-refractivity contribution in [2.75, 3.05) is 10.8 Å². The van der Waals surface area contributed by atoms with E-state index in [1.165, 1.54) is 12.1 Å². The number of halogens is 2. The highest BCUT2D eigenvalue weighted by Crippen LogP contribution is 2.39. The van der Waals surface area contributed by atoms with Gasteiger partial charge in [-0.25, -0.2) is 18.4 Å². The Morgan fingerprint density at radius 3 is 2.61 bits per heavy atom. The molecule has 0 atom stereocenters. The largest absolute Gasteiger partial charge is 0.506 e. The number of hydrogen-bond acceptors (Lipinski definition) is 5. The number of nitrogens with zero attached hydrogens (tertiary/aromatic N) is 3. The van der Waals surface area contributed by atoms with Crippen LogP contribution in [0.15, 0.2) is 24.7 Å². The normalized spacial score (nSPS) is 24.4. The highest BCUT2D eigenvalue weighted by atomic mass is 79.9. The van der Waals surface area contributed by atoms with Crippen molar-refractivity contribution in [1.82, 2.24) is 14.3 Å². The van der Waals surface area contributed by atoms with Crippen LogP contribution in [0.1, 0.15) is 31.7 Å². The first kappa shape index (κ1) is 19.2. The molecule has 8 nitrogen and oxygen atoms in total. The predicted molar refractivity (Wildman–Crippen MR) is 104 cm³/mol. The third kappa shape index (κ3) is 3.37. The van der Waals surface area contributed by atoms with Gasteiger partial charge in [0, 0.05) is 22.6 Å². The molecular formula is C17H18BrFN4O4S. The van der Waals surface area contributed by atoms with Crippen molar-refractivity contribution in [3.8, 4) is 17.0 Å². The quantitative estimate of drug-likeness (QED) is 0.667. The van der Waals surface area contributed by atoms with Gasteiger partial charge in [-0.05, 0) is 37.8 Å². The number of rotatable bonds is 3. The van der Waals surface area contributed by atoms with Gasteiger partial charge in [-0.15, -0.1) is 0 Å². The summed E-state index contributed by atoms with van der Waals surface area (Å²) in [6.07, 6.45) is 7.41. The summed E-state index contributed by atoms with van der Waals surface area (Å²) in [6, 6.07) is 2.81. The molecule has 2 fully saturated rings. The second-order valence-corrected chi connectivity index (χ2v) is 9.83. The Labute approximate surface area is 169 Å². The minimum absolute atomic E-state index is 0.0512. The molecule has 11 heteroatoms. The van der Waals surface area contributed by atoms with E-state index in [-0.39, 0.29) is 11.6 Å². The summed E-state index contributed by atoms with van der Waals surface area (Å²) < 4.78 is 43.5. The number of alkyl halides is 1. The molecule has 1 saturated carbocycles. The Kier molecular flexibility index (Phi) is 4.82. The van der Waals surface area contributed by atoms with Gasteiger partial charge >= 0.3 is 10.2 Å². The van der Waals surface area contributed by atoms with Crippen LogP contribution in [0.2, 0.25) is 0 Å². The highest BCUT2D eigenvalue weighted by Gasteiger charge is 2.38. The van der Waals surface area contributed by atoms with E-state index in [4.69, 9.17) is 0 Å². The first-order valence-electron chi connectivity index (χ1n) is 8.79. The fourth-order valence-electron chi connectivity index (χ4n) is 3.64. The van der Waals surface area contributed by atoms with Crippen LogP contribution in [0.25, 0.3) is 11.3 Å². The monoisotopic (exact) mass is 472 g/mol. The van der Waals surface area contributed by atoms with E-state index in [2.05, 4.69) is 20.9 Å². The molecule has 28 heavy (non-hydrogen) atoms. The third-order valence-corrected chi connectivity index (χ3v) is 7.38. The second-order valence-electron chi connectivity index (χ2n) is 6.94. The standard InChI is InChI=1S/C17H18BrFN4O4S/c18-10-1-3-11(4-2-10)22-7-13(20-9-22)12-5-6-14(24)17(16(12)19)23-8-15(25)21-28(23,26)27/h5-7,9-11,24H,1-4,8H2,(H,21,25). The SMILES string of the molecule is O=C1CN(c2c(O)ccc(-c3cn(C4CCC(Br)CC4)cn3)c2F)S(=O)(=O)N1. The van der Waals surface area contributed by atoms with Gasteiger partial charge in [0.15, 0.2) is 5.82 Å². The summed E-state index contributed by atoms with van der Waals surface area (Å²) in [7, 11) is -4.25. The molecular weight excluding hydrogens is 455 g/mol. The Morgan fingerprint density at radius 2 is 1.96 bits per heavy atom. The number of aromatic hydroxyl groups is 1. The molecule has 0 spiro atoms. The molecule has 0 radical (unpaired) electrons. The van der Waals surface area contributed by atoms with Gasteiger partial charge in [0.05, 0.1) is 12.0 Å². The van der Waals surface area contributed by atoms with E-state index in [0.29, 0.717) is 14.8 Å². The lowest BCUT2D eigenvalue weighted by Crippen LogP contribution is -2.30. The number of phenolic OH excluding ortho intramolecular Hbond substituents is 1. The number of amides is 1. The number of imidazole rings is 1. The van der Waals surface area contributed by atoms with E-state index < -0.39 is 39.9 Å². The molecule has 2 aliphatic rings. The minimum atomic E-state index is -4.25. The molecule has 4 rings (SSSR count). The van der Waals surface area contributed by atoms with Crippen LogP contribution in [-0.2, 0) is 15.0 Å². The fraction of sp³-hybridized carbons (Fsp3) is 0.412. The lowest BCUT2D eigenvalue weighted by molar-refractivity contribution is -0.117. The number of benzene rings is 1. The molecule has 1 amide bonds. The van der Waals surface area contributed by atoms with Crippen LogP contribution in [0.3, 0.4) is 0 Å². The molecule has 1 aromatic heterocycles. The molecule has 2 N–H and O–H groups in total. The molecule has 1 aliphatic heterocycles. The lowest BCUT2D eigenvalue weighted by Gasteiger charge is -2.26. The number of aromatic nitrogens is 2. The Hall–Kier alpha value is -2.14. The van der Waals surface area contributed by atoms with E-state index >= 15 is 4.39 Å². The number of anilines is 1. The number of hydrogen-bond donors (Lipinski definition) is 2. The molecule has 0 bridgehead atoms. The van der Waals surface area contributed by atoms with Gasteiger partial charge in [0.25, 0.3) is 5.91 Å². The van der Waals surface area contributed by atoms with Gasteiger partial charge in [0.2, 0.25) is 0 Å². The van der Waals surface area contributed by atoms with Gasteiger partial charge in [-0.2, -0.15) is 8.42 Å². The van der Waals surface area contributed by atoms with Crippen molar-refractivity contribution in [3.63, 3.8) is 0 Å². The van der Waals surface area contributed by atoms with E-state index in [1.54, 1.807) is 17.2 Å². The molecule has 2 aromatic rings. The van der Waals surface area contributed by atoms with E-state index in [0.717, 1.165) is 25.7 Å². The Morgan fingerprint density at radius 1 is 1.25 bits per heavy atom. The maximum atomic E-state index is 15.2. The second kappa shape index (κ2) is 7.03. The van der Waals surface area contributed by atoms with Crippen LogP contribution < -0.4 is 9.03 Å². The number of carbonyl (C=O) groups is 1. The number of phenols is 1. The molecule has 1 aliphatic carbocycles. The highest BCUT2D eigenvalue weighted by molar-refractivity contribution is 9.09. The number of nitrogens with one attached hydrogen (secondary N) is 1. The maximum Gasteiger partial charge on any atom is 0.326 e. The first-order chi connectivity index (χ1) is 13.3. The van der Waals surface area contributed by atoms with Crippen molar-refractivity contribution in [2.45, 2.75) is 36.6 Å². The topological polar surface area (TPSA) is 105 Å². The smallest absolute Gasteiger partial charge is 0.326 e. The van der Waals surface area contributed by atoms with Crippen LogP contribution >= 0.6 is 15.9 Å². The number of carbonyl (C=O) groups excluding carboxylic acids is 1. The lowest BCUT2D eigenvalue weighted by atomic mass is 9.95. The molecule has 0 unspecified atom stereocenters. The molecule has 1 aromatic carbocycles. The third-order valence-electron chi connectivity index (χ3n) is 5.09. The summed E-state index contributed by atoms with van der Waals surface area (Å²) in [5.41, 5.74) is -0.184. The van der Waals surface area contributed by atoms with Gasteiger partial charge in [0.1, 0.15) is 18.0 Å². The Bertz CT molecular complexity index is 1030. The zero-order valence-electron chi connectivity index (χ0n) is 14.7. The van der Waals surface area contributed by atoms with Crippen LogP contribution in [0.5, 0.6) is 5.75 Å². The van der Waals surface area contributed by atoms with E-state index in [9.17, 15) is 18.3 Å². The first-order valence-corrected chi connectivity index (χ1v) is 11.1. The summed E-state index contributed by atoms with van der Waals surface area (Å²) in [4.78, 5) is 16.3. The Balaban J connectivity index is 1.70. The van der Waals surface area contributed by atoms with Gasteiger partial charge in [-0.1, -0.05) is 15.9 Å². The van der Waals surface area contributed by atoms with Gasteiger partial charge in [-0.3, -0.25) is 4.79 Å². The van der Waals surface area contributed by atoms with Crippen molar-refractivity contribution in [2.24, 2.45) is 0 Å². The zero-order valence-corrected chi connectivity index (χ0v) is 17.1. The molecule has 2 heterocycles. The van der Waals surface area contributed by atoms with E-state index in [1.807, 2.05) is 4.57 Å². The van der Waals surface area contributed by atoms with Crippen LogP contribution in [-0.4, -0.2) is 40.4 Å². The van der Waals surface area contributed by atoms with Crippen molar-refractivity contribution < 1.29 is 22.7 Å². The summed E-state index contributed by atoms with van der Waals surface area (Å²) in [5, 5.41) is 10.1. The summed E-state index contributed by atoms with van der Waals surface area (Å²) >= 11 is 3.62. The van der Waals surface area contributed by atoms with Crippen molar-refractivity contribution >= 4 is 37.7 Å². The average molecular weight is 473 g/mol. The van der Waals surface area contributed by atoms with Gasteiger partial charge < -0.3 is 9.67 Å². The fourth-order valence-corrected chi connectivity index (χ4v) is 5.34. The van der Waals surface area contributed by atoms with Crippen LogP contribution in [0.4, 0.5) is 10.1 Å². The summed E-state index contributed by atoms with van der Waals surface area (Å²) in [5.74, 6) is -2.32. The average Bonchev–Trinajstić information content (AvgIpc) is 3.20. The maximum absolute atomic E-state index is 15.2. The minimum Gasteiger partial charge on any atom is -0.506 e. The van der Waals surface area contributed by atoms with Crippen molar-refractivity contribution in [1.29, 1.82) is 0 Å². The molecule has 150 valence electrons.